The molecule has 4 aromatic rings. The summed E-state index contributed by atoms with van der Waals surface area (Å²) in [7, 11) is 0.811. The number of carboxylic acid groups (broad SMARTS) is 1. The Hall–Kier alpha value is -7.22. The number of rotatable bonds is 19. The van der Waals surface area contributed by atoms with Crippen molar-refractivity contribution in [1.29, 1.82) is 0 Å². The predicted molar refractivity (Wildman–Crippen MR) is 267 cm³/mol. The van der Waals surface area contributed by atoms with Gasteiger partial charge < -0.3 is 40.5 Å². The van der Waals surface area contributed by atoms with Crippen LogP contribution in [0.5, 0.6) is 0 Å². The molecule has 0 bridgehead atoms. The Bertz CT molecular complexity index is 2820. The largest absolute Gasteiger partial charge is 0.465 e. The topological polar surface area (TPSA) is 216 Å². The number of aliphatic hydroxyl groups excluding tert-OH is 1. The lowest BCUT2D eigenvalue weighted by molar-refractivity contribution is -0.221. The number of alkyl halides is 8. The molecule has 2 aliphatic heterocycles. The molecule has 0 radical (unpaired) electrons. The molecule has 28 heteroatoms. The van der Waals surface area contributed by atoms with Crippen molar-refractivity contribution in [3.05, 3.63) is 101 Å². The zero-order valence-electron chi connectivity index (χ0n) is 43.9. The Morgan fingerprint density at radius 3 is 1.90 bits per heavy atom. The fourth-order valence-corrected chi connectivity index (χ4v) is 8.89. The lowest BCUT2D eigenvalue weighted by Gasteiger charge is -2.41. The van der Waals surface area contributed by atoms with Crippen molar-refractivity contribution in [2.75, 3.05) is 57.9 Å². The standard InChI is InChI=1S/C52H60F10N10O8/c1-49(2,51(57,58)59)42(67-48(78)79-5)44(74)65-39(22-31-9-6-30(7-10-31)8-11-32-12-13-41(63-25-32)70-18-16-69(17-19-70)35-14-20-80-21-15-35)40(73)29-71(68-45(75)43(66-47(76)77)50(3,4)52(60,61)62)28-36-37(53)23-33(24-38(36)54)34-26-64-72(27-34)46(55)56/h6-7,9-10,12-13,23-27,35,39-40,42-43,46,66,73H,14-22,28-29H2,1-5H3,(H,65,74)(H,67,78)(H,68,75)(H,76,77)/t39-,40-,42+,43+/m0/s1. The lowest BCUT2D eigenvalue weighted by Crippen LogP contribution is -2.63. The Balaban J connectivity index is 1.30. The summed E-state index contributed by atoms with van der Waals surface area (Å²) in [5.41, 5.74) is -4.49. The number of hydrogen-bond acceptors (Lipinski definition) is 12. The highest BCUT2D eigenvalue weighted by Crippen LogP contribution is 2.42. The Labute approximate surface area is 453 Å². The summed E-state index contributed by atoms with van der Waals surface area (Å²) in [5, 5.41) is 30.9. The Morgan fingerprint density at radius 1 is 0.800 bits per heavy atom. The minimum absolute atomic E-state index is 0.187. The second-order valence-electron chi connectivity index (χ2n) is 20.3. The number of aliphatic hydroxyl groups is 1. The van der Waals surface area contributed by atoms with Crippen molar-refractivity contribution < 1.29 is 82.8 Å². The maximum atomic E-state index is 16.0. The SMILES string of the molecule is COC(=O)N[C@H](C(=O)N[C@@H](Cc1ccc(C#Cc2ccc(N3CCN(C4CCOCC4)CC3)nc2)cc1)[C@@H](O)CN(Cc1c(F)cc(-c2cnn(C(F)F)c2)cc1F)NC(=O)[C@@H](NC(=O)O)C(C)(C)C(F)(F)F)C(C)(C)C(F)(F)F. The number of methoxy groups -OCH3 is 1. The summed E-state index contributed by atoms with van der Waals surface area (Å²) in [6.07, 6.45) is -11.5. The van der Waals surface area contributed by atoms with Gasteiger partial charge in [-0.15, -0.1) is 0 Å². The van der Waals surface area contributed by atoms with Gasteiger partial charge in [-0.2, -0.15) is 40.2 Å². The second kappa shape index (κ2) is 25.9. The van der Waals surface area contributed by atoms with Crippen LogP contribution in [0.1, 0.15) is 69.3 Å². The molecule has 4 heterocycles. The molecule has 18 nitrogen and oxygen atoms in total. The van der Waals surface area contributed by atoms with Crippen molar-refractivity contribution >= 4 is 29.8 Å². The number of hydrazine groups is 1. The van der Waals surface area contributed by atoms with Gasteiger partial charge in [-0.05, 0) is 94.5 Å². The van der Waals surface area contributed by atoms with Crippen LogP contribution in [0.15, 0.2) is 67.1 Å². The van der Waals surface area contributed by atoms with Crippen molar-refractivity contribution in [3.63, 3.8) is 0 Å². The first kappa shape index (κ1) is 62.0. The van der Waals surface area contributed by atoms with E-state index in [1.165, 1.54) is 29.6 Å². The van der Waals surface area contributed by atoms with Gasteiger partial charge in [0.25, 0.3) is 5.91 Å². The van der Waals surface area contributed by atoms with Crippen LogP contribution in [0.2, 0.25) is 0 Å². The van der Waals surface area contributed by atoms with E-state index in [0.29, 0.717) is 62.0 Å². The highest BCUT2D eigenvalue weighted by molar-refractivity contribution is 5.87. The van der Waals surface area contributed by atoms with E-state index in [4.69, 9.17) is 4.74 Å². The zero-order chi connectivity index (χ0) is 58.9. The number of benzene rings is 2. The number of carbonyl (C=O) groups excluding carboxylic acids is 3. The molecule has 0 aliphatic carbocycles. The van der Waals surface area contributed by atoms with Gasteiger partial charge >= 0.3 is 31.1 Å². The number of halogens is 10. The first-order valence-electron chi connectivity index (χ1n) is 24.9. The summed E-state index contributed by atoms with van der Waals surface area (Å²) in [6, 6.07) is 4.54. The summed E-state index contributed by atoms with van der Waals surface area (Å²) < 4.78 is 155. The normalized spacial score (nSPS) is 16.5. The molecule has 4 amide bonds. The lowest BCUT2D eigenvalue weighted by atomic mass is 9.82. The van der Waals surface area contributed by atoms with E-state index in [9.17, 15) is 64.5 Å². The number of anilines is 1. The van der Waals surface area contributed by atoms with E-state index < -0.39 is 115 Å². The summed E-state index contributed by atoms with van der Waals surface area (Å²) >= 11 is 0. The fourth-order valence-electron chi connectivity index (χ4n) is 8.89. The number of hydrogen-bond donors (Lipinski definition) is 6. The van der Waals surface area contributed by atoms with Crippen LogP contribution in [-0.2, 0) is 32.0 Å². The molecule has 2 fully saturated rings. The predicted octanol–water partition coefficient (Wildman–Crippen LogP) is 6.78. The molecular weight excluding hydrogens is 1080 g/mol. The molecule has 6 rings (SSSR count). The first-order valence-corrected chi connectivity index (χ1v) is 24.9. The minimum Gasteiger partial charge on any atom is -0.465 e. The maximum Gasteiger partial charge on any atom is 0.407 e. The first-order chi connectivity index (χ1) is 37.5. The molecule has 2 aromatic carbocycles. The number of alkyl carbamates (subject to hydrolysis) is 1. The highest BCUT2D eigenvalue weighted by Gasteiger charge is 2.57. The van der Waals surface area contributed by atoms with E-state index in [2.05, 4.69) is 41.8 Å². The number of amides is 4. The highest BCUT2D eigenvalue weighted by atomic mass is 19.4. The van der Waals surface area contributed by atoms with E-state index in [1.54, 1.807) is 6.20 Å². The molecule has 6 N–H and O–H groups in total. The molecule has 4 atom stereocenters. The maximum absolute atomic E-state index is 16.0. The van der Waals surface area contributed by atoms with Crippen LogP contribution in [-0.4, -0.2) is 155 Å². The van der Waals surface area contributed by atoms with E-state index in [0.717, 1.165) is 77.6 Å². The van der Waals surface area contributed by atoms with Gasteiger partial charge in [0.05, 0.1) is 36.3 Å². The molecule has 2 aromatic heterocycles. The van der Waals surface area contributed by atoms with Gasteiger partial charge in [0.1, 0.15) is 29.5 Å². The van der Waals surface area contributed by atoms with Crippen molar-refractivity contribution in [1.82, 2.24) is 46.0 Å². The van der Waals surface area contributed by atoms with E-state index >= 15 is 8.78 Å². The molecule has 80 heavy (non-hydrogen) atoms. The van der Waals surface area contributed by atoms with Gasteiger partial charge in [0.2, 0.25) is 5.91 Å². The number of carbonyl (C=O) groups is 4. The third kappa shape index (κ3) is 15.6. The third-order valence-electron chi connectivity index (χ3n) is 14.1. The van der Waals surface area contributed by atoms with Gasteiger partial charge in [-0.3, -0.25) is 19.9 Å². The van der Waals surface area contributed by atoms with Crippen molar-refractivity contribution in [2.24, 2.45) is 10.8 Å². The molecule has 0 unspecified atom stereocenters. The van der Waals surface area contributed by atoms with Crippen LogP contribution in [0.4, 0.5) is 59.3 Å². The summed E-state index contributed by atoms with van der Waals surface area (Å²) in [5.74, 6) is 0.583. The molecule has 2 aliphatic rings. The van der Waals surface area contributed by atoms with E-state index in [1.807, 2.05) is 22.9 Å². The van der Waals surface area contributed by atoms with Gasteiger partial charge in [-0.25, -0.2) is 33.0 Å². The molecule has 0 saturated carbocycles. The number of ether oxygens (including phenoxy) is 2. The number of pyridine rings is 1. The molecular formula is C52H60F10N10O8. The smallest absolute Gasteiger partial charge is 0.407 e. The average Bonchev–Trinajstić information content (AvgIpc) is 3.95. The number of nitrogens with one attached hydrogen (secondary N) is 4. The monoisotopic (exact) mass is 1140 g/mol. The zero-order valence-corrected chi connectivity index (χ0v) is 43.9. The quantitative estimate of drug-likeness (QED) is 0.0325. The Kier molecular flexibility index (Phi) is 20.1. The summed E-state index contributed by atoms with van der Waals surface area (Å²) in [6.45, 7) is 1.53. The van der Waals surface area contributed by atoms with Crippen LogP contribution in [0.25, 0.3) is 11.1 Å². The third-order valence-corrected chi connectivity index (χ3v) is 14.1. The summed E-state index contributed by atoms with van der Waals surface area (Å²) in [4.78, 5) is 61.3. The fraction of sp³-hybridized carbons (Fsp3) is 0.500. The van der Waals surface area contributed by atoms with Crippen LogP contribution in [0.3, 0.4) is 0 Å². The minimum atomic E-state index is -5.28. The van der Waals surface area contributed by atoms with Crippen molar-refractivity contribution in [3.8, 4) is 23.0 Å². The average molecular weight is 1140 g/mol. The molecule has 0 spiro atoms. The van der Waals surface area contributed by atoms with Crippen LogP contribution >= 0.6 is 0 Å². The van der Waals surface area contributed by atoms with Gasteiger partial charge in [0, 0.05) is 93.2 Å². The van der Waals surface area contributed by atoms with Crippen LogP contribution in [0, 0.1) is 34.3 Å². The molecule has 2 saturated heterocycles. The van der Waals surface area contributed by atoms with Gasteiger partial charge in [-0.1, -0.05) is 24.0 Å². The van der Waals surface area contributed by atoms with E-state index in [-0.39, 0.29) is 21.4 Å². The Morgan fingerprint density at radius 2 is 1.38 bits per heavy atom. The number of piperazine rings is 1. The van der Waals surface area contributed by atoms with Gasteiger partial charge in [0.15, 0.2) is 0 Å². The van der Waals surface area contributed by atoms with Crippen molar-refractivity contribution in [2.45, 2.75) is 103 Å². The number of nitrogens with zero attached hydrogens (tertiary/aromatic N) is 6. The second-order valence-corrected chi connectivity index (χ2v) is 20.3. The molecule has 436 valence electrons. The number of aromatic nitrogens is 3. The van der Waals surface area contributed by atoms with Crippen LogP contribution < -0.4 is 26.3 Å².